The molecule has 0 bridgehead atoms. The number of para-hydroxylation sites is 1. The summed E-state index contributed by atoms with van der Waals surface area (Å²) in [7, 11) is 0. The molecule has 2 heteroatoms. The van der Waals surface area contributed by atoms with Crippen LogP contribution in [-0.2, 0) is 0 Å². The zero-order valence-corrected chi connectivity index (χ0v) is 15.4. The molecular formula is C23H29NO. The van der Waals surface area contributed by atoms with Gasteiger partial charge in [0.05, 0.1) is 0 Å². The predicted molar refractivity (Wildman–Crippen MR) is 106 cm³/mol. The standard InChI is InChI=1S/C23H29NO/c1-3-8-23(24-17-15-19(4-2)16-18-24)20-11-13-22(14-12-20)25-21-9-6-5-7-10-21/h5-14,19H,3-4,15-18H2,1-2H3/b23-8-. The maximum absolute atomic E-state index is 5.91. The van der Waals surface area contributed by atoms with E-state index in [1.807, 2.05) is 30.3 Å². The van der Waals surface area contributed by atoms with Gasteiger partial charge < -0.3 is 9.64 Å². The van der Waals surface area contributed by atoms with Crippen LogP contribution in [0, 0.1) is 5.92 Å². The third-order valence-corrected chi connectivity index (χ3v) is 5.06. The summed E-state index contributed by atoms with van der Waals surface area (Å²) in [6, 6.07) is 18.5. The Hall–Kier alpha value is -2.22. The van der Waals surface area contributed by atoms with Gasteiger partial charge in [0, 0.05) is 18.8 Å². The highest BCUT2D eigenvalue weighted by Crippen LogP contribution is 2.29. The van der Waals surface area contributed by atoms with Crippen molar-refractivity contribution in [3.8, 4) is 11.5 Å². The zero-order chi connectivity index (χ0) is 17.5. The van der Waals surface area contributed by atoms with Gasteiger partial charge in [0.1, 0.15) is 11.5 Å². The highest BCUT2D eigenvalue weighted by atomic mass is 16.5. The first-order valence-corrected chi connectivity index (χ1v) is 9.58. The highest BCUT2D eigenvalue weighted by Gasteiger charge is 2.20. The summed E-state index contributed by atoms with van der Waals surface area (Å²) in [5, 5.41) is 0. The smallest absolute Gasteiger partial charge is 0.127 e. The van der Waals surface area contributed by atoms with Crippen molar-refractivity contribution in [2.24, 2.45) is 5.92 Å². The number of allylic oxidation sites excluding steroid dienone is 1. The van der Waals surface area contributed by atoms with Gasteiger partial charge in [-0.3, -0.25) is 0 Å². The molecule has 132 valence electrons. The van der Waals surface area contributed by atoms with Crippen molar-refractivity contribution >= 4 is 5.70 Å². The first-order valence-electron chi connectivity index (χ1n) is 9.58. The number of ether oxygens (including phenoxy) is 1. The Labute approximate surface area is 152 Å². The fraction of sp³-hybridized carbons (Fsp3) is 0.391. The molecular weight excluding hydrogens is 306 g/mol. The van der Waals surface area contributed by atoms with Gasteiger partial charge in [-0.25, -0.2) is 0 Å². The zero-order valence-electron chi connectivity index (χ0n) is 15.4. The molecule has 1 aliphatic rings. The fourth-order valence-electron chi connectivity index (χ4n) is 3.52. The SMILES string of the molecule is CC/C=C(/c1ccc(Oc2ccccc2)cc1)N1CCC(CC)CC1. The van der Waals surface area contributed by atoms with Gasteiger partial charge in [-0.2, -0.15) is 0 Å². The highest BCUT2D eigenvalue weighted by molar-refractivity contribution is 5.65. The fourth-order valence-corrected chi connectivity index (χ4v) is 3.52. The Morgan fingerprint density at radius 1 is 0.960 bits per heavy atom. The molecule has 3 rings (SSSR count). The van der Waals surface area contributed by atoms with Gasteiger partial charge in [0.2, 0.25) is 0 Å². The molecule has 1 saturated heterocycles. The summed E-state index contributed by atoms with van der Waals surface area (Å²) in [5.41, 5.74) is 2.67. The van der Waals surface area contributed by atoms with Crippen LogP contribution < -0.4 is 4.74 Å². The molecule has 1 heterocycles. The number of nitrogens with zero attached hydrogens (tertiary/aromatic N) is 1. The molecule has 25 heavy (non-hydrogen) atoms. The van der Waals surface area contributed by atoms with Gasteiger partial charge >= 0.3 is 0 Å². The normalized spacial score (nSPS) is 16.1. The van der Waals surface area contributed by atoms with Crippen molar-refractivity contribution in [3.63, 3.8) is 0 Å². The van der Waals surface area contributed by atoms with E-state index < -0.39 is 0 Å². The van der Waals surface area contributed by atoms with E-state index in [2.05, 4.69) is 49.1 Å². The van der Waals surface area contributed by atoms with Crippen molar-refractivity contribution in [3.05, 3.63) is 66.2 Å². The molecule has 0 spiro atoms. The molecule has 1 aliphatic heterocycles. The number of rotatable bonds is 6. The quantitative estimate of drug-likeness (QED) is 0.609. The average Bonchev–Trinajstić information content (AvgIpc) is 2.68. The number of hydrogen-bond acceptors (Lipinski definition) is 2. The molecule has 0 saturated carbocycles. The summed E-state index contributed by atoms with van der Waals surface area (Å²) in [5.74, 6) is 2.66. The lowest BCUT2D eigenvalue weighted by Crippen LogP contribution is -2.32. The largest absolute Gasteiger partial charge is 0.457 e. The Balaban J connectivity index is 1.71. The van der Waals surface area contributed by atoms with Crippen LogP contribution in [0.25, 0.3) is 5.70 Å². The molecule has 0 unspecified atom stereocenters. The molecule has 0 atom stereocenters. The monoisotopic (exact) mass is 335 g/mol. The van der Waals surface area contributed by atoms with Crippen molar-refractivity contribution in [2.45, 2.75) is 39.5 Å². The van der Waals surface area contributed by atoms with E-state index >= 15 is 0 Å². The van der Waals surface area contributed by atoms with E-state index in [-0.39, 0.29) is 0 Å². The van der Waals surface area contributed by atoms with Crippen LogP contribution in [0.1, 0.15) is 45.1 Å². The van der Waals surface area contributed by atoms with Gasteiger partial charge in [-0.1, -0.05) is 44.5 Å². The maximum atomic E-state index is 5.91. The number of hydrogen-bond donors (Lipinski definition) is 0. The molecule has 1 fully saturated rings. The number of piperidine rings is 1. The predicted octanol–water partition coefficient (Wildman–Crippen LogP) is 6.35. The van der Waals surface area contributed by atoms with Crippen molar-refractivity contribution in [1.82, 2.24) is 4.90 Å². The molecule has 2 nitrogen and oxygen atoms in total. The Morgan fingerprint density at radius 3 is 2.20 bits per heavy atom. The summed E-state index contributed by atoms with van der Waals surface area (Å²) in [4.78, 5) is 2.56. The van der Waals surface area contributed by atoms with E-state index in [0.717, 1.165) is 23.8 Å². The van der Waals surface area contributed by atoms with E-state index in [4.69, 9.17) is 4.74 Å². The van der Waals surface area contributed by atoms with Crippen LogP contribution in [0.5, 0.6) is 11.5 Å². The third-order valence-electron chi connectivity index (χ3n) is 5.06. The lowest BCUT2D eigenvalue weighted by Gasteiger charge is -2.35. The van der Waals surface area contributed by atoms with E-state index in [9.17, 15) is 0 Å². The number of likely N-dealkylation sites (tertiary alicyclic amines) is 1. The molecule has 2 aromatic carbocycles. The minimum atomic E-state index is 0.876. The second kappa shape index (κ2) is 8.75. The summed E-state index contributed by atoms with van der Waals surface area (Å²) in [6.07, 6.45) is 7.36. The average molecular weight is 335 g/mol. The Morgan fingerprint density at radius 2 is 1.60 bits per heavy atom. The Bertz CT molecular complexity index is 667. The van der Waals surface area contributed by atoms with Crippen LogP contribution in [-0.4, -0.2) is 18.0 Å². The van der Waals surface area contributed by atoms with Crippen molar-refractivity contribution in [1.29, 1.82) is 0 Å². The molecule has 0 aromatic heterocycles. The van der Waals surface area contributed by atoms with E-state index in [1.165, 1.54) is 43.6 Å². The van der Waals surface area contributed by atoms with Crippen LogP contribution in [0.3, 0.4) is 0 Å². The summed E-state index contributed by atoms with van der Waals surface area (Å²) < 4.78 is 5.91. The van der Waals surface area contributed by atoms with Crippen LogP contribution in [0.15, 0.2) is 60.7 Å². The van der Waals surface area contributed by atoms with Crippen LogP contribution in [0.4, 0.5) is 0 Å². The minimum absolute atomic E-state index is 0.876. The third kappa shape index (κ3) is 4.66. The molecule has 0 N–H and O–H groups in total. The van der Waals surface area contributed by atoms with Crippen molar-refractivity contribution in [2.75, 3.05) is 13.1 Å². The minimum Gasteiger partial charge on any atom is -0.457 e. The molecule has 0 amide bonds. The van der Waals surface area contributed by atoms with E-state index in [1.54, 1.807) is 0 Å². The lowest BCUT2D eigenvalue weighted by molar-refractivity contribution is 0.250. The second-order valence-electron chi connectivity index (χ2n) is 6.78. The summed E-state index contributed by atoms with van der Waals surface area (Å²) >= 11 is 0. The molecule has 2 aromatic rings. The first kappa shape index (κ1) is 17.6. The second-order valence-corrected chi connectivity index (χ2v) is 6.78. The number of benzene rings is 2. The molecule has 0 aliphatic carbocycles. The van der Waals surface area contributed by atoms with Gasteiger partial charge in [0.25, 0.3) is 0 Å². The lowest BCUT2D eigenvalue weighted by atomic mass is 9.93. The Kier molecular flexibility index (Phi) is 6.16. The first-order chi connectivity index (χ1) is 12.3. The van der Waals surface area contributed by atoms with Gasteiger partial charge in [0.15, 0.2) is 0 Å². The van der Waals surface area contributed by atoms with Gasteiger partial charge in [-0.05, 0) is 67.1 Å². The van der Waals surface area contributed by atoms with Crippen molar-refractivity contribution < 1.29 is 4.74 Å². The summed E-state index contributed by atoms with van der Waals surface area (Å²) in [6.45, 7) is 6.87. The van der Waals surface area contributed by atoms with E-state index in [0.29, 0.717) is 0 Å². The molecule has 0 radical (unpaired) electrons. The topological polar surface area (TPSA) is 12.5 Å². The van der Waals surface area contributed by atoms with Gasteiger partial charge in [-0.15, -0.1) is 0 Å². The van der Waals surface area contributed by atoms with Crippen LogP contribution in [0.2, 0.25) is 0 Å². The maximum Gasteiger partial charge on any atom is 0.127 e. The van der Waals surface area contributed by atoms with Crippen LogP contribution >= 0.6 is 0 Å².